The number of nitrogens with two attached hydrogens (primary N) is 1. The van der Waals surface area contributed by atoms with Crippen LogP contribution in [-0.4, -0.2) is 11.0 Å². The van der Waals surface area contributed by atoms with Crippen molar-refractivity contribution in [2.75, 3.05) is 0 Å². The molecule has 0 radical (unpaired) electrons. The van der Waals surface area contributed by atoms with Crippen LogP contribution in [0.3, 0.4) is 0 Å². The quantitative estimate of drug-likeness (QED) is 0.833. The molecule has 4 nitrogen and oxygen atoms in total. The van der Waals surface area contributed by atoms with E-state index in [1.807, 2.05) is 24.3 Å². The SMILES string of the molecule is NC(=S)NC(=O)c1ccc(-c2ccc(Br)cc2)o1. The third kappa shape index (κ3) is 2.96. The number of thiocarbonyl (C=S) groups is 1. The summed E-state index contributed by atoms with van der Waals surface area (Å²) < 4.78 is 6.41. The summed E-state index contributed by atoms with van der Waals surface area (Å²) in [5, 5.41) is 2.22. The van der Waals surface area contributed by atoms with Crippen LogP contribution in [0.15, 0.2) is 45.3 Å². The van der Waals surface area contributed by atoms with Gasteiger partial charge in [0.15, 0.2) is 10.9 Å². The van der Waals surface area contributed by atoms with E-state index in [2.05, 4.69) is 33.5 Å². The van der Waals surface area contributed by atoms with Gasteiger partial charge in [0.25, 0.3) is 5.91 Å². The van der Waals surface area contributed by atoms with Gasteiger partial charge in [0.2, 0.25) is 0 Å². The van der Waals surface area contributed by atoms with Crippen molar-refractivity contribution in [1.29, 1.82) is 0 Å². The molecule has 0 unspecified atom stereocenters. The molecule has 1 aromatic heterocycles. The van der Waals surface area contributed by atoms with Gasteiger partial charge in [-0.1, -0.05) is 28.1 Å². The minimum absolute atomic E-state index is 0.0819. The fourth-order valence-corrected chi connectivity index (χ4v) is 1.76. The van der Waals surface area contributed by atoms with Crippen molar-refractivity contribution in [3.05, 3.63) is 46.6 Å². The van der Waals surface area contributed by atoms with Crippen LogP contribution in [-0.2, 0) is 0 Å². The lowest BCUT2D eigenvalue weighted by Gasteiger charge is -1.99. The number of benzene rings is 1. The van der Waals surface area contributed by atoms with Crippen molar-refractivity contribution in [2.45, 2.75) is 0 Å². The maximum absolute atomic E-state index is 11.6. The van der Waals surface area contributed by atoms with Gasteiger partial charge in [0.1, 0.15) is 5.76 Å². The molecule has 0 aliphatic rings. The van der Waals surface area contributed by atoms with Crippen LogP contribution in [0, 0.1) is 0 Å². The van der Waals surface area contributed by atoms with Crippen molar-refractivity contribution >= 4 is 39.2 Å². The van der Waals surface area contributed by atoms with Gasteiger partial charge >= 0.3 is 0 Å². The number of carbonyl (C=O) groups is 1. The lowest BCUT2D eigenvalue weighted by atomic mass is 10.2. The summed E-state index contributed by atoms with van der Waals surface area (Å²) in [5.41, 5.74) is 6.10. The third-order valence-corrected chi connectivity index (χ3v) is 2.83. The van der Waals surface area contributed by atoms with Crippen molar-refractivity contribution < 1.29 is 9.21 Å². The molecule has 0 aliphatic heterocycles. The summed E-state index contributed by atoms with van der Waals surface area (Å²) in [6.45, 7) is 0. The molecule has 1 heterocycles. The molecular weight excluding hydrogens is 316 g/mol. The first-order valence-corrected chi connectivity index (χ1v) is 6.23. The third-order valence-electron chi connectivity index (χ3n) is 2.20. The minimum Gasteiger partial charge on any atom is -0.451 e. The van der Waals surface area contributed by atoms with Gasteiger partial charge in [-0.05, 0) is 36.5 Å². The average Bonchev–Trinajstić information content (AvgIpc) is 2.78. The van der Waals surface area contributed by atoms with Gasteiger partial charge in [0.05, 0.1) is 0 Å². The summed E-state index contributed by atoms with van der Waals surface area (Å²) in [4.78, 5) is 11.6. The summed E-state index contributed by atoms with van der Waals surface area (Å²) in [6, 6.07) is 10.9. The molecule has 0 bridgehead atoms. The maximum atomic E-state index is 11.6. The standard InChI is InChI=1S/C12H9BrN2O2S/c13-8-3-1-7(2-4-8)9-5-6-10(17-9)11(16)15-12(14)18/h1-6H,(H3,14,15,16,18). The normalized spacial score (nSPS) is 10.1. The Balaban J connectivity index is 2.22. The number of amides is 1. The Hall–Kier alpha value is -1.66. The summed E-state index contributed by atoms with van der Waals surface area (Å²) in [5.74, 6) is 0.321. The number of carbonyl (C=O) groups excluding carboxylic acids is 1. The monoisotopic (exact) mass is 324 g/mol. The van der Waals surface area contributed by atoms with Gasteiger partial charge in [-0.15, -0.1) is 0 Å². The Bertz CT molecular complexity index is 592. The predicted octanol–water partition coefficient (Wildman–Crippen LogP) is 2.68. The van der Waals surface area contributed by atoms with Gasteiger partial charge in [-0.25, -0.2) is 0 Å². The van der Waals surface area contributed by atoms with E-state index in [9.17, 15) is 4.79 Å². The molecule has 1 amide bonds. The highest BCUT2D eigenvalue weighted by Gasteiger charge is 2.12. The molecule has 0 aliphatic carbocycles. The largest absolute Gasteiger partial charge is 0.451 e. The average molecular weight is 325 g/mol. The molecule has 2 aromatic rings. The van der Waals surface area contributed by atoms with Gasteiger partial charge in [-0.2, -0.15) is 0 Å². The van der Waals surface area contributed by atoms with E-state index in [0.29, 0.717) is 5.76 Å². The Labute approximate surface area is 117 Å². The zero-order valence-electron chi connectivity index (χ0n) is 9.14. The van der Waals surface area contributed by atoms with Crippen molar-refractivity contribution in [3.63, 3.8) is 0 Å². The zero-order chi connectivity index (χ0) is 13.1. The van der Waals surface area contributed by atoms with E-state index in [0.717, 1.165) is 10.0 Å². The first kappa shape index (κ1) is 12.8. The Kier molecular flexibility index (Phi) is 3.78. The van der Waals surface area contributed by atoms with Crippen LogP contribution in [0.2, 0.25) is 0 Å². The van der Waals surface area contributed by atoms with Crippen LogP contribution < -0.4 is 11.1 Å². The molecule has 0 atom stereocenters. The molecule has 2 rings (SSSR count). The molecule has 18 heavy (non-hydrogen) atoms. The van der Waals surface area contributed by atoms with E-state index in [1.54, 1.807) is 12.1 Å². The Morgan fingerprint density at radius 3 is 2.50 bits per heavy atom. The first-order chi connectivity index (χ1) is 8.56. The predicted molar refractivity (Wildman–Crippen MR) is 76.1 cm³/mol. The molecule has 0 spiro atoms. The second-order valence-electron chi connectivity index (χ2n) is 3.49. The smallest absolute Gasteiger partial charge is 0.293 e. The summed E-state index contributed by atoms with van der Waals surface area (Å²) in [6.07, 6.45) is 0. The summed E-state index contributed by atoms with van der Waals surface area (Å²) >= 11 is 7.94. The molecule has 0 saturated heterocycles. The number of rotatable bonds is 2. The van der Waals surface area contributed by atoms with E-state index in [1.165, 1.54) is 0 Å². The zero-order valence-corrected chi connectivity index (χ0v) is 11.5. The maximum Gasteiger partial charge on any atom is 0.293 e. The Morgan fingerprint density at radius 2 is 1.89 bits per heavy atom. The fourth-order valence-electron chi connectivity index (χ4n) is 1.40. The van der Waals surface area contributed by atoms with Gasteiger partial charge < -0.3 is 10.2 Å². The number of hydrogen-bond donors (Lipinski definition) is 2. The van der Waals surface area contributed by atoms with E-state index >= 15 is 0 Å². The molecule has 1 aromatic carbocycles. The number of nitrogens with one attached hydrogen (secondary N) is 1. The van der Waals surface area contributed by atoms with Crippen molar-refractivity contribution in [2.24, 2.45) is 5.73 Å². The van der Waals surface area contributed by atoms with Gasteiger partial charge in [0, 0.05) is 10.0 Å². The van der Waals surface area contributed by atoms with Crippen LogP contribution in [0.5, 0.6) is 0 Å². The highest BCUT2D eigenvalue weighted by Crippen LogP contribution is 2.23. The van der Waals surface area contributed by atoms with E-state index in [-0.39, 0.29) is 10.9 Å². The van der Waals surface area contributed by atoms with E-state index in [4.69, 9.17) is 10.2 Å². The molecule has 92 valence electrons. The Morgan fingerprint density at radius 1 is 1.22 bits per heavy atom. The minimum atomic E-state index is -0.453. The topological polar surface area (TPSA) is 68.3 Å². The van der Waals surface area contributed by atoms with Crippen molar-refractivity contribution in [1.82, 2.24) is 5.32 Å². The van der Waals surface area contributed by atoms with Crippen LogP contribution in [0.1, 0.15) is 10.6 Å². The molecule has 0 saturated carbocycles. The van der Waals surface area contributed by atoms with Crippen molar-refractivity contribution in [3.8, 4) is 11.3 Å². The lowest BCUT2D eigenvalue weighted by molar-refractivity contribution is 0.0951. The van der Waals surface area contributed by atoms with Crippen LogP contribution in [0.25, 0.3) is 11.3 Å². The number of halogens is 1. The lowest BCUT2D eigenvalue weighted by Crippen LogP contribution is -2.34. The molecule has 3 N–H and O–H groups in total. The first-order valence-electron chi connectivity index (χ1n) is 5.03. The van der Waals surface area contributed by atoms with Gasteiger partial charge in [-0.3, -0.25) is 10.1 Å². The number of furan rings is 1. The highest BCUT2D eigenvalue weighted by atomic mass is 79.9. The summed E-state index contributed by atoms with van der Waals surface area (Å²) in [7, 11) is 0. The molecule has 0 fully saturated rings. The fraction of sp³-hybridized carbons (Fsp3) is 0. The number of hydrogen-bond acceptors (Lipinski definition) is 3. The van der Waals surface area contributed by atoms with Crippen LogP contribution >= 0.6 is 28.1 Å². The van der Waals surface area contributed by atoms with Crippen LogP contribution in [0.4, 0.5) is 0 Å². The molecule has 6 heteroatoms. The van der Waals surface area contributed by atoms with E-state index < -0.39 is 5.91 Å². The molecular formula is C12H9BrN2O2S. The second-order valence-corrected chi connectivity index (χ2v) is 4.84. The second kappa shape index (κ2) is 5.32. The highest BCUT2D eigenvalue weighted by molar-refractivity contribution is 9.10.